The van der Waals surface area contributed by atoms with Crippen LogP contribution < -0.4 is 5.32 Å². The molecular formula is C10H8ClIN4O. The predicted octanol–water partition coefficient (Wildman–Crippen LogP) is 2.17. The Morgan fingerprint density at radius 1 is 1.53 bits per heavy atom. The highest BCUT2D eigenvalue weighted by atomic mass is 127. The molecule has 0 aliphatic carbocycles. The average molecular weight is 363 g/mol. The Morgan fingerprint density at radius 3 is 3.00 bits per heavy atom. The fourth-order valence-electron chi connectivity index (χ4n) is 1.26. The second kappa shape index (κ2) is 5.46. The van der Waals surface area contributed by atoms with Gasteiger partial charge < -0.3 is 5.32 Å². The van der Waals surface area contributed by atoms with Crippen LogP contribution in [-0.4, -0.2) is 20.7 Å². The number of nitrogens with one attached hydrogen (secondary N) is 1. The SMILES string of the molecule is O=C(Cn1cnc(I)n1)Nc1cccc(Cl)c1. The number of carbonyl (C=O) groups excluding carboxylic acids is 1. The van der Waals surface area contributed by atoms with Crippen molar-refractivity contribution in [2.75, 3.05) is 5.32 Å². The first-order valence-corrected chi connectivity index (χ1v) is 6.19. The normalized spacial score (nSPS) is 10.2. The number of amides is 1. The number of hydrogen-bond donors (Lipinski definition) is 1. The van der Waals surface area contributed by atoms with Gasteiger partial charge in [-0.1, -0.05) is 17.7 Å². The van der Waals surface area contributed by atoms with Gasteiger partial charge in [-0.2, -0.15) is 0 Å². The van der Waals surface area contributed by atoms with E-state index >= 15 is 0 Å². The van der Waals surface area contributed by atoms with E-state index in [0.717, 1.165) is 0 Å². The molecule has 1 N–H and O–H groups in total. The summed E-state index contributed by atoms with van der Waals surface area (Å²) >= 11 is 7.80. The first-order valence-electron chi connectivity index (χ1n) is 4.74. The van der Waals surface area contributed by atoms with Crippen molar-refractivity contribution < 1.29 is 4.79 Å². The molecule has 0 aliphatic heterocycles. The van der Waals surface area contributed by atoms with Crippen molar-refractivity contribution >= 4 is 45.8 Å². The van der Waals surface area contributed by atoms with E-state index < -0.39 is 0 Å². The maximum Gasteiger partial charge on any atom is 0.246 e. The number of anilines is 1. The average Bonchev–Trinajstić information content (AvgIpc) is 2.63. The van der Waals surface area contributed by atoms with Gasteiger partial charge in [0.2, 0.25) is 9.74 Å². The zero-order valence-corrected chi connectivity index (χ0v) is 11.5. The van der Waals surface area contributed by atoms with Gasteiger partial charge in [0.1, 0.15) is 12.9 Å². The van der Waals surface area contributed by atoms with Crippen molar-refractivity contribution in [1.29, 1.82) is 0 Å². The van der Waals surface area contributed by atoms with Crippen LogP contribution in [0.3, 0.4) is 0 Å². The number of nitrogens with zero attached hydrogens (tertiary/aromatic N) is 3. The molecule has 5 nitrogen and oxygen atoms in total. The van der Waals surface area contributed by atoms with E-state index in [1.807, 2.05) is 22.6 Å². The van der Waals surface area contributed by atoms with Crippen molar-refractivity contribution in [1.82, 2.24) is 14.8 Å². The van der Waals surface area contributed by atoms with Gasteiger partial charge in [0, 0.05) is 33.3 Å². The number of rotatable bonds is 3. The van der Waals surface area contributed by atoms with Crippen LogP contribution in [0.15, 0.2) is 30.6 Å². The fourth-order valence-corrected chi connectivity index (χ4v) is 1.85. The Bertz CT molecular complexity index is 543. The van der Waals surface area contributed by atoms with Gasteiger partial charge in [-0.3, -0.25) is 4.79 Å². The van der Waals surface area contributed by atoms with Crippen LogP contribution >= 0.6 is 34.2 Å². The molecule has 2 rings (SSSR count). The van der Waals surface area contributed by atoms with Crippen LogP contribution in [-0.2, 0) is 11.3 Å². The maximum absolute atomic E-state index is 11.7. The minimum Gasteiger partial charge on any atom is -0.324 e. The lowest BCUT2D eigenvalue weighted by molar-refractivity contribution is -0.116. The minimum atomic E-state index is -0.173. The molecule has 0 spiro atoms. The number of hydrogen-bond acceptors (Lipinski definition) is 3. The zero-order valence-electron chi connectivity index (χ0n) is 8.60. The number of aromatic nitrogens is 3. The Kier molecular flexibility index (Phi) is 3.95. The summed E-state index contributed by atoms with van der Waals surface area (Å²) in [5.41, 5.74) is 0.664. The van der Waals surface area contributed by atoms with Gasteiger partial charge in [0.25, 0.3) is 0 Å². The Labute approximate surface area is 116 Å². The highest BCUT2D eigenvalue weighted by Gasteiger charge is 2.05. The molecule has 1 heterocycles. The highest BCUT2D eigenvalue weighted by molar-refractivity contribution is 14.1. The van der Waals surface area contributed by atoms with Crippen LogP contribution in [0.5, 0.6) is 0 Å². The van der Waals surface area contributed by atoms with Crippen LogP contribution in [0, 0.1) is 3.83 Å². The van der Waals surface area contributed by atoms with Crippen molar-refractivity contribution in [2.24, 2.45) is 0 Å². The Balaban J connectivity index is 1.98. The summed E-state index contributed by atoms with van der Waals surface area (Å²) in [6.07, 6.45) is 1.51. The molecule has 0 saturated carbocycles. The summed E-state index contributed by atoms with van der Waals surface area (Å²) in [7, 11) is 0. The molecule has 0 bridgehead atoms. The Hall–Kier alpha value is -1.15. The van der Waals surface area contributed by atoms with E-state index in [4.69, 9.17) is 11.6 Å². The van der Waals surface area contributed by atoms with E-state index in [0.29, 0.717) is 14.5 Å². The standard InChI is InChI=1S/C10H8ClIN4O/c11-7-2-1-3-8(4-7)14-9(17)5-16-6-13-10(12)15-16/h1-4,6H,5H2,(H,14,17). The third kappa shape index (κ3) is 3.67. The van der Waals surface area contributed by atoms with Gasteiger partial charge in [-0.05, 0) is 18.2 Å². The van der Waals surface area contributed by atoms with E-state index in [9.17, 15) is 4.79 Å². The molecule has 1 aromatic carbocycles. The zero-order chi connectivity index (χ0) is 12.3. The molecule has 0 saturated heterocycles. The molecule has 2 aromatic rings. The monoisotopic (exact) mass is 362 g/mol. The second-order valence-electron chi connectivity index (χ2n) is 3.27. The summed E-state index contributed by atoms with van der Waals surface area (Å²) in [5.74, 6) is -0.173. The molecule has 1 aromatic heterocycles. The summed E-state index contributed by atoms with van der Waals surface area (Å²) in [6.45, 7) is 0.127. The summed E-state index contributed by atoms with van der Waals surface area (Å²) in [5, 5.41) is 7.32. The number of carbonyl (C=O) groups is 1. The summed E-state index contributed by atoms with van der Waals surface area (Å²) in [6, 6.07) is 6.98. The molecule has 0 unspecified atom stereocenters. The van der Waals surface area contributed by atoms with E-state index in [1.54, 1.807) is 24.3 Å². The lowest BCUT2D eigenvalue weighted by Crippen LogP contribution is -2.19. The van der Waals surface area contributed by atoms with Crippen LogP contribution in [0.25, 0.3) is 0 Å². The molecule has 1 amide bonds. The van der Waals surface area contributed by atoms with Gasteiger partial charge in [-0.25, -0.2) is 9.67 Å². The minimum absolute atomic E-state index is 0.127. The summed E-state index contributed by atoms with van der Waals surface area (Å²) in [4.78, 5) is 15.6. The van der Waals surface area contributed by atoms with Crippen molar-refractivity contribution in [3.63, 3.8) is 0 Å². The van der Waals surface area contributed by atoms with Crippen LogP contribution in [0.4, 0.5) is 5.69 Å². The van der Waals surface area contributed by atoms with E-state index in [1.165, 1.54) is 11.0 Å². The van der Waals surface area contributed by atoms with Gasteiger partial charge in [0.05, 0.1) is 0 Å². The van der Waals surface area contributed by atoms with Crippen LogP contribution in [0.1, 0.15) is 0 Å². The molecule has 88 valence electrons. The molecular weight excluding hydrogens is 354 g/mol. The highest BCUT2D eigenvalue weighted by Crippen LogP contribution is 2.14. The van der Waals surface area contributed by atoms with E-state index in [2.05, 4.69) is 15.4 Å². The summed E-state index contributed by atoms with van der Waals surface area (Å²) < 4.78 is 2.08. The third-order valence-electron chi connectivity index (χ3n) is 1.92. The molecule has 0 atom stereocenters. The van der Waals surface area contributed by atoms with E-state index in [-0.39, 0.29) is 12.5 Å². The molecule has 7 heteroatoms. The van der Waals surface area contributed by atoms with Gasteiger partial charge >= 0.3 is 0 Å². The quantitative estimate of drug-likeness (QED) is 0.852. The number of halogens is 2. The maximum atomic E-state index is 11.7. The fraction of sp³-hybridized carbons (Fsp3) is 0.100. The molecule has 17 heavy (non-hydrogen) atoms. The smallest absolute Gasteiger partial charge is 0.246 e. The van der Waals surface area contributed by atoms with Gasteiger partial charge in [-0.15, -0.1) is 5.10 Å². The topological polar surface area (TPSA) is 59.8 Å². The number of benzene rings is 1. The predicted molar refractivity (Wildman–Crippen MR) is 72.8 cm³/mol. The second-order valence-corrected chi connectivity index (χ2v) is 4.67. The first-order chi connectivity index (χ1) is 8.13. The first kappa shape index (κ1) is 12.3. The lowest BCUT2D eigenvalue weighted by Gasteiger charge is -2.04. The van der Waals surface area contributed by atoms with Gasteiger partial charge in [0.15, 0.2) is 0 Å². The third-order valence-corrected chi connectivity index (χ3v) is 2.65. The largest absolute Gasteiger partial charge is 0.324 e. The van der Waals surface area contributed by atoms with Crippen LogP contribution in [0.2, 0.25) is 5.02 Å². The van der Waals surface area contributed by atoms with Crippen molar-refractivity contribution in [3.05, 3.63) is 39.4 Å². The molecule has 0 radical (unpaired) electrons. The lowest BCUT2D eigenvalue weighted by atomic mass is 10.3. The Morgan fingerprint density at radius 2 is 2.35 bits per heavy atom. The van der Waals surface area contributed by atoms with Crippen molar-refractivity contribution in [2.45, 2.75) is 6.54 Å². The molecule has 0 aliphatic rings. The van der Waals surface area contributed by atoms with Crippen molar-refractivity contribution in [3.8, 4) is 0 Å². The molecule has 0 fully saturated rings.